The number of carbonyl (C=O) groups excluding carboxylic acids is 1. The molecule has 1 aromatic heterocycles. The number of nitrogens with two attached hydrogens (primary N) is 1. The highest BCUT2D eigenvalue weighted by Gasteiger charge is 2.14. The first-order valence-corrected chi connectivity index (χ1v) is 6.22. The van der Waals surface area contributed by atoms with Crippen LogP contribution in [0.4, 0.5) is 5.69 Å². The Bertz CT molecular complexity index is 586. The van der Waals surface area contributed by atoms with Gasteiger partial charge in [-0.15, -0.1) is 0 Å². The normalized spacial score (nSPS) is 11.9. The lowest BCUT2D eigenvalue weighted by molar-refractivity contribution is 0.0940. The van der Waals surface area contributed by atoms with E-state index < -0.39 is 0 Å². The number of nitrogen functional groups attached to an aromatic ring is 1. The molecule has 1 heterocycles. The zero-order chi connectivity index (χ0) is 13.8. The van der Waals surface area contributed by atoms with Gasteiger partial charge in [-0.05, 0) is 37.3 Å². The summed E-state index contributed by atoms with van der Waals surface area (Å²) >= 11 is 5.87. The Kier molecular flexibility index (Phi) is 4.02. The maximum atomic E-state index is 12.1. The zero-order valence-corrected chi connectivity index (χ0v) is 11.2. The van der Waals surface area contributed by atoms with Gasteiger partial charge in [-0.1, -0.05) is 17.7 Å². The van der Waals surface area contributed by atoms with Crippen LogP contribution in [0.5, 0.6) is 0 Å². The average Bonchev–Trinajstić information content (AvgIpc) is 2.42. The van der Waals surface area contributed by atoms with Crippen LogP contribution in [0.15, 0.2) is 42.6 Å². The molecule has 4 nitrogen and oxygen atoms in total. The first kappa shape index (κ1) is 13.4. The van der Waals surface area contributed by atoms with E-state index in [2.05, 4.69) is 10.3 Å². The highest BCUT2D eigenvalue weighted by Crippen LogP contribution is 2.19. The van der Waals surface area contributed by atoms with E-state index in [1.54, 1.807) is 24.4 Å². The fraction of sp³-hybridized carbons (Fsp3) is 0.143. The molecule has 0 radical (unpaired) electrons. The quantitative estimate of drug-likeness (QED) is 0.847. The van der Waals surface area contributed by atoms with Crippen LogP contribution >= 0.6 is 11.6 Å². The number of nitrogens with zero attached hydrogens (tertiary/aromatic N) is 1. The lowest BCUT2D eigenvalue weighted by Gasteiger charge is -2.14. The van der Waals surface area contributed by atoms with Crippen LogP contribution in [0.1, 0.15) is 29.0 Å². The van der Waals surface area contributed by atoms with E-state index in [-0.39, 0.29) is 11.9 Å². The third-order valence-electron chi connectivity index (χ3n) is 2.74. The van der Waals surface area contributed by atoms with Gasteiger partial charge in [0, 0.05) is 16.9 Å². The Hall–Kier alpha value is -2.07. The second-order valence-corrected chi connectivity index (χ2v) is 4.62. The monoisotopic (exact) mass is 275 g/mol. The van der Waals surface area contributed by atoms with Gasteiger partial charge in [0.15, 0.2) is 0 Å². The molecule has 1 unspecified atom stereocenters. The van der Waals surface area contributed by atoms with Gasteiger partial charge >= 0.3 is 0 Å². The summed E-state index contributed by atoms with van der Waals surface area (Å²) in [6, 6.07) is 10.2. The number of carbonyl (C=O) groups is 1. The van der Waals surface area contributed by atoms with Gasteiger partial charge in [-0.2, -0.15) is 0 Å². The lowest BCUT2D eigenvalue weighted by atomic mass is 10.1. The molecule has 2 aromatic rings. The molecule has 1 atom stereocenters. The molecular weight excluding hydrogens is 262 g/mol. The molecule has 1 amide bonds. The van der Waals surface area contributed by atoms with Crippen molar-refractivity contribution in [2.24, 2.45) is 0 Å². The molecule has 0 bridgehead atoms. The summed E-state index contributed by atoms with van der Waals surface area (Å²) in [5.41, 5.74) is 7.33. The number of hydrogen-bond acceptors (Lipinski definition) is 3. The summed E-state index contributed by atoms with van der Waals surface area (Å²) in [7, 11) is 0. The Labute approximate surface area is 116 Å². The second-order valence-electron chi connectivity index (χ2n) is 4.18. The standard InChI is InChI=1S/C14H14ClN3O/c1-9(13-4-2-3-7-17-13)18-14(19)11-8-10(15)5-6-12(11)16/h2-9H,16H2,1H3,(H,18,19). The van der Waals surface area contributed by atoms with Crippen molar-refractivity contribution in [3.63, 3.8) is 0 Å². The Balaban J connectivity index is 2.15. The zero-order valence-electron chi connectivity index (χ0n) is 10.4. The van der Waals surface area contributed by atoms with Crippen molar-refractivity contribution in [1.29, 1.82) is 0 Å². The molecule has 0 spiro atoms. The number of pyridine rings is 1. The van der Waals surface area contributed by atoms with Gasteiger partial charge in [0.2, 0.25) is 0 Å². The maximum absolute atomic E-state index is 12.1. The summed E-state index contributed by atoms with van der Waals surface area (Å²) in [6.45, 7) is 1.86. The summed E-state index contributed by atoms with van der Waals surface area (Å²) in [4.78, 5) is 16.3. The van der Waals surface area contributed by atoms with E-state index in [1.165, 1.54) is 0 Å². The summed E-state index contributed by atoms with van der Waals surface area (Å²) in [5, 5.41) is 3.32. The van der Waals surface area contributed by atoms with Crippen molar-refractivity contribution in [1.82, 2.24) is 10.3 Å². The molecule has 3 N–H and O–H groups in total. The molecule has 1 aromatic carbocycles. The fourth-order valence-electron chi connectivity index (χ4n) is 1.71. The number of halogens is 1. The Morgan fingerprint density at radius 1 is 1.37 bits per heavy atom. The third-order valence-corrected chi connectivity index (χ3v) is 2.97. The van der Waals surface area contributed by atoms with Crippen molar-refractivity contribution in [2.45, 2.75) is 13.0 Å². The maximum Gasteiger partial charge on any atom is 0.253 e. The Morgan fingerprint density at radius 2 is 2.16 bits per heavy atom. The average molecular weight is 276 g/mol. The van der Waals surface area contributed by atoms with E-state index in [4.69, 9.17) is 17.3 Å². The molecular formula is C14H14ClN3O. The first-order chi connectivity index (χ1) is 9.08. The first-order valence-electron chi connectivity index (χ1n) is 5.84. The molecule has 98 valence electrons. The number of hydrogen-bond donors (Lipinski definition) is 2. The number of nitrogens with one attached hydrogen (secondary N) is 1. The molecule has 5 heteroatoms. The van der Waals surface area contributed by atoms with Gasteiger partial charge in [0.1, 0.15) is 0 Å². The van der Waals surface area contributed by atoms with E-state index in [0.717, 1.165) is 5.69 Å². The largest absolute Gasteiger partial charge is 0.398 e. The minimum Gasteiger partial charge on any atom is -0.398 e. The number of amides is 1. The molecule has 0 aliphatic carbocycles. The predicted octanol–water partition coefficient (Wildman–Crippen LogP) is 2.81. The summed E-state index contributed by atoms with van der Waals surface area (Å²) < 4.78 is 0. The molecule has 0 fully saturated rings. The van der Waals surface area contributed by atoms with Crippen LogP contribution < -0.4 is 11.1 Å². The van der Waals surface area contributed by atoms with Gasteiger partial charge in [0.25, 0.3) is 5.91 Å². The molecule has 0 saturated carbocycles. The summed E-state index contributed by atoms with van der Waals surface area (Å²) in [6.07, 6.45) is 1.69. The van der Waals surface area contributed by atoms with Crippen LogP contribution in [-0.2, 0) is 0 Å². The van der Waals surface area contributed by atoms with Gasteiger partial charge in [0.05, 0.1) is 17.3 Å². The molecule has 0 aliphatic rings. The van der Waals surface area contributed by atoms with E-state index >= 15 is 0 Å². The topological polar surface area (TPSA) is 68.0 Å². The van der Waals surface area contributed by atoms with Gasteiger partial charge < -0.3 is 11.1 Å². The smallest absolute Gasteiger partial charge is 0.253 e. The van der Waals surface area contributed by atoms with Crippen LogP contribution in [0.2, 0.25) is 5.02 Å². The van der Waals surface area contributed by atoms with E-state index in [0.29, 0.717) is 16.3 Å². The minimum atomic E-state index is -0.266. The second kappa shape index (κ2) is 5.71. The van der Waals surface area contributed by atoms with Crippen molar-refractivity contribution in [3.8, 4) is 0 Å². The van der Waals surface area contributed by atoms with Gasteiger partial charge in [-0.25, -0.2) is 0 Å². The van der Waals surface area contributed by atoms with Crippen molar-refractivity contribution in [3.05, 3.63) is 58.9 Å². The van der Waals surface area contributed by atoms with E-state index in [9.17, 15) is 4.79 Å². The van der Waals surface area contributed by atoms with Crippen LogP contribution in [0, 0.1) is 0 Å². The highest BCUT2D eigenvalue weighted by atomic mass is 35.5. The number of aromatic nitrogens is 1. The number of anilines is 1. The molecule has 0 aliphatic heterocycles. The van der Waals surface area contributed by atoms with E-state index in [1.807, 2.05) is 25.1 Å². The number of benzene rings is 1. The van der Waals surface area contributed by atoms with Gasteiger partial charge in [-0.3, -0.25) is 9.78 Å². The van der Waals surface area contributed by atoms with Crippen LogP contribution in [-0.4, -0.2) is 10.9 Å². The highest BCUT2D eigenvalue weighted by molar-refractivity contribution is 6.31. The van der Waals surface area contributed by atoms with Crippen LogP contribution in [0.25, 0.3) is 0 Å². The molecule has 19 heavy (non-hydrogen) atoms. The number of rotatable bonds is 3. The lowest BCUT2D eigenvalue weighted by Crippen LogP contribution is -2.27. The SMILES string of the molecule is CC(NC(=O)c1cc(Cl)ccc1N)c1ccccn1. The Morgan fingerprint density at radius 3 is 2.84 bits per heavy atom. The third kappa shape index (κ3) is 3.23. The fourth-order valence-corrected chi connectivity index (χ4v) is 1.88. The predicted molar refractivity (Wildman–Crippen MR) is 76.0 cm³/mol. The van der Waals surface area contributed by atoms with Crippen molar-refractivity contribution < 1.29 is 4.79 Å². The minimum absolute atomic E-state index is 0.202. The van der Waals surface area contributed by atoms with Crippen LogP contribution in [0.3, 0.4) is 0 Å². The van der Waals surface area contributed by atoms with Crippen molar-refractivity contribution in [2.75, 3.05) is 5.73 Å². The molecule has 0 saturated heterocycles. The van der Waals surface area contributed by atoms with Crippen molar-refractivity contribution >= 4 is 23.2 Å². The molecule has 2 rings (SSSR count). The summed E-state index contributed by atoms with van der Waals surface area (Å²) in [5.74, 6) is -0.266.